The molecule has 2 fully saturated rings. The molecule has 1 aromatic carbocycles. The van der Waals surface area contributed by atoms with E-state index >= 15 is 0 Å². The van der Waals surface area contributed by atoms with Gasteiger partial charge < -0.3 is 20.2 Å². The first-order valence-electron chi connectivity index (χ1n) is 11.8. The fraction of sp³-hybridized carbons (Fsp3) is 0.440. The number of fused-ring (bicyclic) bond motifs is 1. The van der Waals surface area contributed by atoms with Gasteiger partial charge in [-0.3, -0.25) is 9.36 Å². The van der Waals surface area contributed by atoms with Crippen LogP contribution >= 0.6 is 0 Å². The Morgan fingerprint density at radius 2 is 1.94 bits per heavy atom. The van der Waals surface area contributed by atoms with E-state index in [1.165, 1.54) is 0 Å². The Labute approximate surface area is 198 Å². The minimum Gasteiger partial charge on any atom is -0.392 e. The quantitative estimate of drug-likeness (QED) is 0.599. The van der Waals surface area contributed by atoms with E-state index in [1.54, 1.807) is 16.8 Å². The molecule has 5 rings (SSSR count). The van der Waals surface area contributed by atoms with Crippen molar-refractivity contribution in [1.29, 1.82) is 5.26 Å². The van der Waals surface area contributed by atoms with Crippen LogP contribution in [-0.4, -0.2) is 57.8 Å². The van der Waals surface area contributed by atoms with Crippen LogP contribution < -0.4 is 15.8 Å². The van der Waals surface area contributed by atoms with E-state index in [1.807, 2.05) is 24.3 Å². The molecule has 1 saturated carbocycles. The molecule has 0 unspecified atom stereocenters. The number of benzene rings is 1. The summed E-state index contributed by atoms with van der Waals surface area (Å²) in [6.45, 7) is 3.77. The Morgan fingerprint density at radius 1 is 1.18 bits per heavy atom. The normalized spacial score (nSPS) is 17.3. The van der Waals surface area contributed by atoms with Gasteiger partial charge in [0.1, 0.15) is 17.3 Å². The van der Waals surface area contributed by atoms with Crippen LogP contribution in [-0.2, 0) is 6.61 Å². The summed E-state index contributed by atoms with van der Waals surface area (Å²) < 4.78 is 1.68. The highest BCUT2D eigenvalue weighted by atomic mass is 16.3. The molecule has 9 nitrogen and oxygen atoms in total. The van der Waals surface area contributed by atoms with Crippen LogP contribution in [0.2, 0.25) is 0 Å². The predicted octanol–water partition coefficient (Wildman–Crippen LogP) is 2.77. The highest BCUT2D eigenvalue weighted by Crippen LogP contribution is 2.31. The van der Waals surface area contributed by atoms with Crippen molar-refractivity contribution < 1.29 is 5.11 Å². The van der Waals surface area contributed by atoms with Crippen LogP contribution in [0.25, 0.3) is 11.0 Å². The Morgan fingerprint density at radius 3 is 2.65 bits per heavy atom. The lowest BCUT2D eigenvalue weighted by molar-refractivity contribution is 0.280. The summed E-state index contributed by atoms with van der Waals surface area (Å²) in [5.41, 5.74) is 3.03. The lowest BCUT2D eigenvalue weighted by Gasteiger charge is -2.35. The van der Waals surface area contributed by atoms with Crippen LogP contribution in [0.15, 0.2) is 35.3 Å². The number of nitrogens with zero attached hydrogens (tertiary/aromatic N) is 6. The summed E-state index contributed by atoms with van der Waals surface area (Å²) in [7, 11) is 2.12. The van der Waals surface area contributed by atoms with Crippen molar-refractivity contribution in [1.82, 2.24) is 19.4 Å². The monoisotopic (exact) mass is 459 g/mol. The number of pyridine rings is 1. The highest BCUT2D eigenvalue weighted by Gasteiger charge is 2.23. The molecule has 2 aliphatic rings. The second-order valence-corrected chi connectivity index (χ2v) is 9.17. The standard InChI is InChI=1S/C25H29N7O2/c1-30-8-10-31(11-9-30)22-7-6-20(13-19(22)16-33)28-25-27-15-18-12-17(14-26)24(34)32(23(18)29-25)21-4-2-3-5-21/h6-7,12-13,15,21,33H,2-5,8-11,16H2,1H3,(H,27,28,29). The maximum Gasteiger partial charge on any atom is 0.270 e. The molecule has 0 amide bonds. The molecular formula is C25H29N7O2. The summed E-state index contributed by atoms with van der Waals surface area (Å²) >= 11 is 0. The molecule has 0 atom stereocenters. The van der Waals surface area contributed by atoms with Gasteiger partial charge in [-0.25, -0.2) is 4.98 Å². The highest BCUT2D eigenvalue weighted by molar-refractivity contribution is 5.77. The number of piperazine rings is 1. The fourth-order valence-corrected chi connectivity index (χ4v) is 5.04. The number of aromatic nitrogens is 3. The summed E-state index contributed by atoms with van der Waals surface area (Å²) in [4.78, 5) is 26.7. The van der Waals surface area contributed by atoms with Gasteiger partial charge in [0, 0.05) is 60.7 Å². The van der Waals surface area contributed by atoms with Crippen molar-refractivity contribution in [2.75, 3.05) is 43.4 Å². The molecule has 176 valence electrons. The van der Waals surface area contributed by atoms with Crippen LogP contribution in [0, 0.1) is 11.3 Å². The number of aliphatic hydroxyl groups is 1. The van der Waals surface area contributed by atoms with Crippen LogP contribution in [0.5, 0.6) is 0 Å². The number of hydrogen-bond acceptors (Lipinski definition) is 8. The Kier molecular flexibility index (Phi) is 6.18. The lowest BCUT2D eigenvalue weighted by Crippen LogP contribution is -2.44. The average molecular weight is 460 g/mol. The van der Waals surface area contributed by atoms with Crippen molar-refractivity contribution in [3.8, 4) is 6.07 Å². The zero-order valence-electron chi connectivity index (χ0n) is 19.4. The first-order valence-corrected chi connectivity index (χ1v) is 11.8. The molecule has 3 aromatic rings. The molecule has 2 N–H and O–H groups in total. The molecule has 34 heavy (non-hydrogen) atoms. The Bertz CT molecular complexity index is 1300. The number of likely N-dealkylation sites (N-methyl/N-ethyl adjacent to an activating group) is 1. The van der Waals surface area contributed by atoms with Gasteiger partial charge in [-0.2, -0.15) is 10.2 Å². The maximum absolute atomic E-state index is 13.0. The molecular weight excluding hydrogens is 430 g/mol. The third-order valence-corrected chi connectivity index (χ3v) is 6.93. The fourth-order valence-electron chi connectivity index (χ4n) is 5.04. The number of hydrogen-bond donors (Lipinski definition) is 2. The first kappa shape index (κ1) is 22.3. The van der Waals surface area contributed by atoms with Gasteiger partial charge in [0.25, 0.3) is 5.56 Å². The summed E-state index contributed by atoms with van der Waals surface area (Å²) in [6, 6.07) is 9.54. The smallest absolute Gasteiger partial charge is 0.270 e. The topological polar surface area (TPSA) is 110 Å². The average Bonchev–Trinajstić information content (AvgIpc) is 3.38. The molecule has 2 aromatic heterocycles. The molecule has 0 bridgehead atoms. The van der Waals surface area contributed by atoms with Gasteiger partial charge in [-0.15, -0.1) is 0 Å². The lowest BCUT2D eigenvalue weighted by atomic mass is 10.1. The summed E-state index contributed by atoms with van der Waals surface area (Å²) in [5, 5.41) is 23.4. The van der Waals surface area contributed by atoms with Crippen molar-refractivity contribution in [3.63, 3.8) is 0 Å². The number of rotatable bonds is 5. The van der Waals surface area contributed by atoms with Gasteiger partial charge in [0.15, 0.2) is 0 Å². The first-order chi connectivity index (χ1) is 16.6. The Hall–Kier alpha value is -3.48. The second kappa shape index (κ2) is 9.41. The molecule has 1 saturated heterocycles. The van der Waals surface area contributed by atoms with Crippen molar-refractivity contribution in [2.45, 2.75) is 38.3 Å². The van der Waals surface area contributed by atoms with Gasteiger partial charge in [-0.05, 0) is 44.2 Å². The van der Waals surface area contributed by atoms with E-state index in [4.69, 9.17) is 0 Å². The van der Waals surface area contributed by atoms with Crippen LogP contribution in [0.3, 0.4) is 0 Å². The minimum atomic E-state index is -0.286. The molecule has 1 aliphatic heterocycles. The molecule has 3 heterocycles. The molecule has 0 radical (unpaired) electrons. The minimum absolute atomic E-state index is 0.0508. The van der Waals surface area contributed by atoms with E-state index in [9.17, 15) is 15.2 Å². The second-order valence-electron chi connectivity index (χ2n) is 9.17. The van der Waals surface area contributed by atoms with Crippen molar-refractivity contribution >= 4 is 28.4 Å². The van der Waals surface area contributed by atoms with E-state index in [0.29, 0.717) is 17.0 Å². The largest absolute Gasteiger partial charge is 0.392 e. The van der Waals surface area contributed by atoms with E-state index in [0.717, 1.165) is 68.8 Å². The van der Waals surface area contributed by atoms with Gasteiger partial charge >= 0.3 is 0 Å². The third kappa shape index (κ3) is 4.22. The number of nitrogens with one attached hydrogen (secondary N) is 1. The number of anilines is 3. The zero-order valence-corrected chi connectivity index (χ0v) is 19.4. The van der Waals surface area contributed by atoms with E-state index in [2.05, 4.69) is 32.1 Å². The summed E-state index contributed by atoms with van der Waals surface area (Å²) in [5.74, 6) is 0.375. The predicted molar refractivity (Wildman–Crippen MR) is 131 cm³/mol. The molecule has 1 aliphatic carbocycles. The van der Waals surface area contributed by atoms with Crippen molar-refractivity contribution in [2.24, 2.45) is 0 Å². The molecule has 0 spiro atoms. The van der Waals surface area contributed by atoms with Crippen LogP contribution in [0.4, 0.5) is 17.3 Å². The van der Waals surface area contributed by atoms with E-state index in [-0.39, 0.29) is 23.8 Å². The van der Waals surface area contributed by atoms with Gasteiger partial charge in [0.2, 0.25) is 5.95 Å². The summed E-state index contributed by atoms with van der Waals surface area (Å²) in [6.07, 6.45) is 5.60. The van der Waals surface area contributed by atoms with Crippen molar-refractivity contribution in [3.05, 3.63) is 51.9 Å². The third-order valence-electron chi connectivity index (χ3n) is 6.93. The van der Waals surface area contributed by atoms with Gasteiger partial charge in [0.05, 0.1) is 6.61 Å². The SMILES string of the molecule is CN1CCN(c2ccc(Nc3ncc4cc(C#N)c(=O)n(C5CCCC5)c4n3)cc2CO)CC1. The number of nitriles is 1. The Balaban J connectivity index is 1.47. The van der Waals surface area contributed by atoms with Crippen LogP contribution in [0.1, 0.15) is 42.9 Å². The number of aliphatic hydroxyl groups excluding tert-OH is 1. The zero-order chi connectivity index (χ0) is 23.7. The van der Waals surface area contributed by atoms with E-state index < -0.39 is 0 Å². The van der Waals surface area contributed by atoms with Gasteiger partial charge in [-0.1, -0.05) is 12.8 Å². The molecule has 9 heteroatoms. The maximum atomic E-state index is 13.0.